The van der Waals surface area contributed by atoms with E-state index in [0.29, 0.717) is 16.7 Å². The summed E-state index contributed by atoms with van der Waals surface area (Å²) in [6, 6.07) is 10.3. The summed E-state index contributed by atoms with van der Waals surface area (Å²) in [5.41, 5.74) is 6.95. The van der Waals surface area contributed by atoms with Gasteiger partial charge in [-0.1, -0.05) is 12.1 Å². The van der Waals surface area contributed by atoms with E-state index in [0.717, 1.165) is 6.07 Å². The van der Waals surface area contributed by atoms with Gasteiger partial charge in [0.15, 0.2) is 0 Å². The van der Waals surface area contributed by atoms with E-state index in [-0.39, 0.29) is 12.1 Å². The Labute approximate surface area is 103 Å². The Morgan fingerprint density at radius 2 is 1.83 bits per heavy atom. The van der Waals surface area contributed by atoms with Crippen LogP contribution in [0.5, 0.6) is 0 Å². The highest BCUT2D eigenvalue weighted by atomic mass is 19.1. The molecule has 0 radical (unpaired) electrons. The number of nitrogens with zero attached hydrogens (tertiary/aromatic N) is 1. The zero-order chi connectivity index (χ0) is 13.1. The van der Waals surface area contributed by atoms with Crippen LogP contribution in [-0.2, 0) is 6.54 Å². The predicted molar refractivity (Wildman–Crippen MR) is 64.4 cm³/mol. The highest BCUT2D eigenvalue weighted by Crippen LogP contribution is 2.24. The van der Waals surface area contributed by atoms with Gasteiger partial charge in [0.25, 0.3) is 0 Å². The second-order valence-corrected chi connectivity index (χ2v) is 3.85. The fourth-order valence-corrected chi connectivity index (χ4v) is 1.71. The van der Waals surface area contributed by atoms with Crippen molar-refractivity contribution in [3.8, 4) is 17.2 Å². The zero-order valence-electron chi connectivity index (χ0n) is 9.45. The van der Waals surface area contributed by atoms with Crippen LogP contribution in [0.2, 0.25) is 0 Å². The molecule has 2 N–H and O–H groups in total. The summed E-state index contributed by atoms with van der Waals surface area (Å²) in [5, 5.41) is 8.76. The van der Waals surface area contributed by atoms with Crippen molar-refractivity contribution in [1.82, 2.24) is 0 Å². The van der Waals surface area contributed by atoms with Gasteiger partial charge in [-0.3, -0.25) is 0 Å². The van der Waals surface area contributed by atoms with E-state index in [2.05, 4.69) is 0 Å². The molecule has 0 fully saturated rings. The minimum atomic E-state index is -0.521. The van der Waals surface area contributed by atoms with E-state index in [4.69, 9.17) is 11.0 Å². The molecule has 0 atom stereocenters. The van der Waals surface area contributed by atoms with Gasteiger partial charge < -0.3 is 5.73 Å². The van der Waals surface area contributed by atoms with Crippen molar-refractivity contribution in [2.24, 2.45) is 5.73 Å². The molecule has 2 nitrogen and oxygen atoms in total. The smallest absolute Gasteiger partial charge is 0.128 e. The Bertz CT molecular complexity index is 630. The van der Waals surface area contributed by atoms with Crippen molar-refractivity contribution in [2.45, 2.75) is 6.54 Å². The van der Waals surface area contributed by atoms with Gasteiger partial charge in [-0.05, 0) is 35.4 Å². The van der Waals surface area contributed by atoms with Crippen LogP contribution in [0.25, 0.3) is 11.1 Å². The second-order valence-electron chi connectivity index (χ2n) is 3.85. The van der Waals surface area contributed by atoms with E-state index in [1.54, 1.807) is 12.1 Å². The van der Waals surface area contributed by atoms with E-state index in [1.165, 1.54) is 18.2 Å². The molecule has 0 saturated carbocycles. The van der Waals surface area contributed by atoms with Gasteiger partial charge in [-0.15, -0.1) is 0 Å². The molecular weight excluding hydrogens is 234 g/mol. The zero-order valence-corrected chi connectivity index (χ0v) is 9.45. The number of hydrogen-bond donors (Lipinski definition) is 1. The first-order valence-corrected chi connectivity index (χ1v) is 5.33. The minimum absolute atomic E-state index is 0.110. The normalized spacial score (nSPS) is 10.1. The molecule has 0 aliphatic heterocycles. The third-order valence-electron chi connectivity index (χ3n) is 2.63. The Hall–Kier alpha value is -2.25. The number of benzene rings is 2. The van der Waals surface area contributed by atoms with Crippen LogP contribution in [0.4, 0.5) is 8.78 Å². The number of rotatable bonds is 2. The van der Waals surface area contributed by atoms with Crippen molar-refractivity contribution in [2.75, 3.05) is 0 Å². The van der Waals surface area contributed by atoms with E-state index in [9.17, 15) is 8.78 Å². The third-order valence-corrected chi connectivity index (χ3v) is 2.63. The van der Waals surface area contributed by atoms with Gasteiger partial charge in [0.1, 0.15) is 11.6 Å². The first kappa shape index (κ1) is 12.2. The molecule has 0 bridgehead atoms. The summed E-state index contributed by atoms with van der Waals surface area (Å²) in [7, 11) is 0. The van der Waals surface area contributed by atoms with Gasteiger partial charge in [0.05, 0.1) is 11.6 Å². The molecule has 2 aromatic carbocycles. The van der Waals surface area contributed by atoms with Crippen LogP contribution in [0.3, 0.4) is 0 Å². The number of hydrogen-bond acceptors (Lipinski definition) is 2. The van der Waals surface area contributed by atoms with Crippen molar-refractivity contribution < 1.29 is 8.78 Å². The van der Waals surface area contributed by atoms with E-state index in [1.807, 2.05) is 6.07 Å². The molecule has 18 heavy (non-hydrogen) atoms. The molecule has 0 aliphatic rings. The molecule has 0 amide bonds. The first-order valence-electron chi connectivity index (χ1n) is 5.33. The van der Waals surface area contributed by atoms with Gasteiger partial charge in [0.2, 0.25) is 0 Å². The summed E-state index contributed by atoms with van der Waals surface area (Å²) in [5.74, 6) is -0.954. The van der Waals surface area contributed by atoms with E-state index < -0.39 is 11.6 Å². The molecule has 2 rings (SSSR count). The van der Waals surface area contributed by atoms with Crippen molar-refractivity contribution in [3.05, 3.63) is 59.2 Å². The van der Waals surface area contributed by atoms with Crippen molar-refractivity contribution in [3.63, 3.8) is 0 Å². The maximum atomic E-state index is 13.6. The summed E-state index contributed by atoms with van der Waals surface area (Å²) < 4.78 is 26.9. The third kappa shape index (κ3) is 2.36. The highest BCUT2D eigenvalue weighted by Gasteiger charge is 2.06. The van der Waals surface area contributed by atoms with Crippen LogP contribution in [0, 0.1) is 23.0 Å². The van der Waals surface area contributed by atoms with Crippen LogP contribution in [0.1, 0.15) is 11.1 Å². The van der Waals surface area contributed by atoms with Gasteiger partial charge >= 0.3 is 0 Å². The lowest BCUT2D eigenvalue weighted by molar-refractivity contribution is 0.611. The molecule has 0 heterocycles. The lowest BCUT2D eigenvalue weighted by Gasteiger charge is -2.05. The SMILES string of the molecule is N#Cc1cc(F)cc(-c2ccc(CN)c(F)c2)c1. The van der Waals surface area contributed by atoms with Crippen LogP contribution in [-0.4, -0.2) is 0 Å². The standard InChI is InChI=1S/C14H10F2N2/c15-13-4-9(7-17)3-12(5-13)10-1-2-11(8-18)14(16)6-10/h1-6H,8,18H2. The average Bonchev–Trinajstić information content (AvgIpc) is 2.37. The lowest BCUT2D eigenvalue weighted by atomic mass is 10.0. The molecule has 0 spiro atoms. The van der Waals surface area contributed by atoms with Crippen LogP contribution < -0.4 is 5.73 Å². The molecular formula is C14H10F2N2. The fraction of sp³-hybridized carbons (Fsp3) is 0.0714. The molecule has 0 unspecified atom stereocenters. The Balaban J connectivity index is 2.52. The quantitative estimate of drug-likeness (QED) is 0.882. The van der Waals surface area contributed by atoms with Gasteiger partial charge in [-0.25, -0.2) is 8.78 Å². The van der Waals surface area contributed by atoms with Crippen molar-refractivity contribution in [1.29, 1.82) is 5.26 Å². The maximum Gasteiger partial charge on any atom is 0.128 e. The second kappa shape index (κ2) is 4.94. The molecule has 2 aromatic rings. The monoisotopic (exact) mass is 244 g/mol. The van der Waals surface area contributed by atoms with Crippen LogP contribution >= 0.6 is 0 Å². The van der Waals surface area contributed by atoms with Crippen LogP contribution in [0.15, 0.2) is 36.4 Å². The average molecular weight is 244 g/mol. The van der Waals surface area contributed by atoms with Crippen molar-refractivity contribution >= 4 is 0 Å². The summed E-state index contributed by atoms with van der Waals surface area (Å²) in [4.78, 5) is 0. The highest BCUT2D eigenvalue weighted by molar-refractivity contribution is 5.65. The summed E-state index contributed by atoms with van der Waals surface area (Å²) in [6.07, 6.45) is 0. The maximum absolute atomic E-state index is 13.6. The molecule has 0 saturated heterocycles. The number of nitrogens with two attached hydrogens (primary N) is 1. The fourth-order valence-electron chi connectivity index (χ4n) is 1.71. The molecule has 90 valence electrons. The van der Waals surface area contributed by atoms with E-state index >= 15 is 0 Å². The first-order chi connectivity index (χ1) is 8.63. The number of nitriles is 1. The van der Waals surface area contributed by atoms with Gasteiger partial charge in [0, 0.05) is 12.1 Å². The Kier molecular flexibility index (Phi) is 3.35. The molecule has 0 aromatic heterocycles. The molecule has 4 heteroatoms. The summed E-state index contributed by atoms with van der Waals surface area (Å²) >= 11 is 0. The Morgan fingerprint density at radius 3 is 2.44 bits per heavy atom. The van der Waals surface area contributed by atoms with Gasteiger partial charge in [-0.2, -0.15) is 5.26 Å². The largest absolute Gasteiger partial charge is 0.326 e. The lowest BCUT2D eigenvalue weighted by Crippen LogP contribution is -1.99. The minimum Gasteiger partial charge on any atom is -0.326 e. The topological polar surface area (TPSA) is 49.8 Å². The predicted octanol–water partition coefficient (Wildman–Crippen LogP) is 2.96. The summed E-state index contributed by atoms with van der Waals surface area (Å²) in [6.45, 7) is 0.110. The Morgan fingerprint density at radius 1 is 1.06 bits per heavy atom. The number of halogens is 2. The molecule has 0 aliphatic carbocycles.